The van der Waals surface area contributed by atoms with Gasteiger partial charge < -0.3 is 20.6 Å². The second-order valence-corrected chi connectivity index (χ2v) is 5.09. The van der Waals surface area contributed by atoms with E-state index < -0.39 is 6.04 Å². The van der Waals surface area contributed by atoms with Crippen LogP contribution in [-0.4, -0.2) is 27.6 Å². The Hall–Kier alpha value is -2.53. The van der Waals surface area contributed by atoms with Crippen LogP contribution >= 0.6 is 0 Å². The van der Waals surface area contributed by atoms with E-state index in [4.69, 9.17) is 0 Å². The van der Waals surface area contributed by atoms with Crippen LogP contribution in [0.5, 0.6) is 17.2 Å². The number of hydrogen-bond donors (Lipinski definition) is 4. The second kappa shape index (κ2) is 5.10. The van der Waals surface area contributed by atoms with Gasteiger partial charge in [0.25, 0.3) is 0 Å². The summed E-state index contributed by atoms with van der Waals surface area (Å²) >= 11 is 0. The molecule has 1 unspecified atom stereocenters. The zero-order chi connectivity index (χ0) is 15.0. The molecule has 5 heteroatoms. The van der Waals surface area contributed by atoms with E-state index in [2.05, 4.69) is 5.32 Å². The van der Waals surface area contributed by atoms with Crippen molar-refractivity contribution >= 4 is 5.78 Å². The number of hydrogen-bond acceptors (Lipinski definition) is 5. The lowest BCUT2D eigenvalue weighted by atomic mass is 9.89. The molecule has 0 spiro atoms. The Morgan fingerprint density at radius 1 is 1.05 bits per heavy atom. The fourth-order valence-electron chi connectivity index (χ4n) is 2.61. The number of ketones is 1. The molecule has 3 rings (SSSR count). The highest BCUT2D eigenvalue weighted by molar-refractivity contribution is 6.01. The molecule has 0 amide bonds. The van der Waals surface area contributed by atoms with E-state index in [9.17, 15) is 20.1 Å². The first kappa shape index (κ1) is 13.5. The summed E-state index contributed by atoms with van der Waals surface area (Å²) in [6.45, 7) is 0.617. The molecular weight excluding hydrogens is 270 g/mol. The zero-order valence-electron chi connectivity index (χ0n) is 11.2. The molecule has 0 saturated carbocycles. The largest absolute Gasteiger partial charge is 0.508 e. The van der Waals surface area contributed by atoms with Gasteiger partial charge in [0.2, 0.25) is 0 Å². The van der Waals surface area contributed by atoms with Crippen molar-refractivity contribution in [2.75, 3.05) is 6.54 Å². The van der Waals surface area contributed by atoms with Gasteiger partial charge in [-0.3, -0.25) is 4.79 Å². The maximum atomic E-state index is 12.6. The number of phenols is 3. The maximum absolute atomic E-state index is 12.6. The number of Topliss-reactive ketones (excluding diaryl/α,β-unsaturated/α-hetero) is 1. The number of rotatable bonds is 2. The Balaban J connectivity index is 1.99. The molecule has 0 fully saturated rings. The van der Waals surface area contributed by atoms with Crippen LogP contribution in [0.1, 0.15) is 27.5 Å². The summed E-state index contributed by atoms with van der Waals surface area (Å²) in [5, 5.41) is 31.6. The first-order valence-electron chi connectivity index (χ1n) is 6.67. The lowest BCUT2D eigenvalue weighted by Gasteiger charge is -2.26. The van der Waals surface area contributed by atoms with Gasteiger partial charge in [-0.15, -0.1) is 0 Å². The van der Waals surface area contributed by atoms with Gasteiger partial charge in [0.15, 0.2) is 17.3 Å². The molecule has 1 heterocycles. The minimum Gasteiger partial charge on any atom is -0.508 e. The van der Waals surface area contributed by atoms with E-state index in [0.717, 1.165) is 5.56 Å². The highest BCUT2D eigenvalue weighted by atomic mass is 16.3. The van der Waals surface area contributed by atoms with Crippen molar-refractivity contribution in [3.63, 3.8) is 0 Å². The fourth-order valence-corrected chi connectivity index (χ4v) is 2.61. The minimum absolute atomic E-state index is 0.103. The van der Waals surface area contributed by atoms with Crippen molar-refractivity contribution in [3.8, 4) is 17.2 Å². The van der Waals surface area contributed by atoms with Crippen molar-refractivity contribution in [2.24, 2.45) is 0 Å². The van der Waals surface area contributed by atoms with Crippen molar-refractivity contribution in [2.45, 2.75) is 12.5 Å². The molecule has 0 saturated heterocycles. The van der Waals surface area contributed by atoms with Gasteiger partial charge in [0.1, 0.15) is 5.75 Å². The molecule has 108 valence electrons. The highest BCUT2D eigenvalue weighted by Gasteiger charge is 2.28. The molecule has 21 heavy (non-hydrogen) atoms. The van der Waals surface area contributed by atoms with Gasteiger partial charge in [-0.1, -0.05) is 0 Å². The maximum Gasteiger partial charge on any atom is 0.184 e. The third-order valence-electron chi connectivity index (χ3n) is 3.70. The van der Waals surface area contributed by atoms with Crippen LogP contribution < -0.4 is 5.32 Å². The molecule has 2 aromatic carbocycles. The average Bonchev–Trinajstić information content (AvgIpc) is 2.48. The number of benzene rings is 2. The Bertz CT molecular complexity index is 694. The van der Waals surface area contributed by atoms with E-state index in [1.54, 1.807) is 12.1 Å². The minimum atomic E-state index is -0.565. The summed E-state index contributed by atoms with van der Waals surface area (Å²) in [7, 11) is 0. The van der Waals surface area contributed by atoms with Gasteiger partial charge in [-0.25, -0.2) is 0 Å². The van der Waals surface area contributed by atoms with Crippen LogP contribution in [0.15, 0.2) is 36.4 Å². The van der Waals surface area contributed by atoms with Crippen LogP contribution in [-0.2, 0) is 6.42 Å². The zero-order valence-corrected chi connectivity index (χ0v) is 11.2. The molecule has 0 radical (unpaired) electrons. The fraction of sp³-hybridized carbons (Fsp3) is 0.188. The number of carbonyl (C=O) groups is 1. The average molecular weight is 285 g/mol. The Morgan fingerprint density at radius 2 is 1.71 bits per heavy atom. The number of nitrogens with one attached hydrogen (secondary N) is 1. The Labute approximate surface area is 121 Å². The number of carbonyl (C=O) groups excluding carboxylic acids is 1. The first-order valence-corrected chi connectivity index (χ1v) is 6.67. The van der Waals surface area contributed by atoms with Gasteiger partial charge in [-0.2, -0.15) is 0 Å². The van der Waals surface area contributed by atoms with Crippen LogP contribution in [0.3, 0.4) is 0 Å². The Morgan fingerprint density at radius 3 is 2.43 bits per heavy atom. The van der Waals surface area contributed by atoms with E-state index in [1.807, 2.05) is 0 Å². The normalized spacial score (nSPS) is 17.2. The standard InChI is InChI=1S/C16H15NO4/c18-11-3-1-9(2-4-11)16(21)15-12-8-14(20)13(19)7-10(12)5-6-17-15/h1-4,7-8,15,17-20H,5-6H2. The second-order valence-electron chi connectivity index (χ2n) is 5.09. The van der Waals surface area contributed by atoms with E-state index >= 15 is 0 Å². The van der Waals surface area contributed by atoms with Gasteiger partial charge >= 0.3 is 0 Å². The molecule has 0 aromatic heterocycles. The molecule has 1 aliphatic rings. The van der Waals surface area contributed by atoms with Gasteiger partial charge in [-0.05, 0) is 53.9 Å². The summed E-state index contributed by atoms with van der Waals surface area (Å²) in [5.41, 5.74) is 2.00. The van der Waals surface area contributed by atoms with Crippen LogP contribution in [0.4, 0.5) is 0 Å². The third kappa shape index (κ3) is 2.43. The molecule has 1 aliphatic heterocycles. The first-order chi connectivity index (χ1) is 10.1. The molecule has 0 bridgehead atoms. The van der Waals surface area contributed by atoms with Crippen LogP contribution in [0.25, 0.3) is 0 Å². The number of fused-ring (bicyclic) bond motifs is 1. The van der Waals surface area contributed by atoms with Gasteiger partial charge in [0, 0.05) is 12.1 Å². The predicted molar refractivity (Wildman–Crippen MR) is 76.7 cm³/mol. The van der Waals surface area contributed by atoms with Crippen molar-refractivity contribution in [1.82, 2.24) is 5.32 Å². The predicted octanol–water partition coefficient (Wildman–Crippen LogP) is 1.87. The third-order valence-corrected chi connectivity index (χ3v) is 3.70. The summed E-state index contributed by atoms with van der Waals surface area (Å²) in [4.78, 5) is 12.6. The highest BCUT2D eigenvalue weighted by Crippen LogP contribution is 2.34. The van der Waals surface area contributed by atoms with Crippen molar-refractivity contribution in [1.29, 1.82) is 0 Å². The molecule has 2 aromatic rings. The van der Waals surface area contributed by atoms with Crippen LogP contribution in [0, 0.1) is 0 Å². The monoisotopic (exact) mass is 285 g/mol. The molecule has 5 nitrogen and oxygen atoms in total. The molecule has 0 aliphatic carbocycles. The Kier molecular flexibility index (Phi) is 3.27. The molecule has 4 N–H and O–H groups in total. The SMILES string of the molecule is O=C(c1ccc(O)cc1)C1NCCc2cc(O)c(O)cc21. The lowest BCUT2D eigenvalue weighted by Crippen LogP contribution is -2.35. The smallest absolute Gasteiger partial charge is 0.184 e. The summed E-state index contributed by atoms with van der Waals surface area (Å²) in [6.07, 6.45) is 0.683. The number of aromatic hydroxyl groups is 3. The molecular formula is C16H15NO4. The lowest BCUT2D eigenvalue weighted by molar-refractivity contribution is 0.0939. The summed E-state index contributed by atoms with van der Waals surface area (Å²) in [6, 6.07) is 8.42. The van der Waals surface area contributed by atoms with E-state index in [0.29, 0.717) is 24.1 Å². The summed E-state index contributed by atoms with van der Waals surface area (Å²) < 4.78 is 0. The number of phenolic OH excluding ortho intramolecular Hbond substituents is 3. The molecule has 1 atom stereocenters. The van der Waals surface area contributed by atoms with E-state index in [-0.39, 0.29) is 23.0 Å². The van der Waals surface area contributed by atoms with Crippen molar-refractivity contribution < 1.29 is 20.1 Å². The topological polar surface area (TPSA) is 89.8 Å². The van der Waals surface area contributed by atoms with E-state index in [1.165, 1.54) is 24.3 Å². The van der Waals surface area contributed by atoms with Crippen LogP contribution in [0.2, 0.25) is 0 Å². The summed E-state index contributed by atoms with van der Waals surface area (Å²) in [5.74, 6) is -0.445. The quantitative estimate of drug-likeness (QED) is 0.499. The van der Waals surface area contributed by atoms with Gasteiger partial charge in [0.05, 0.1) is 6.04 Å². The van der Waals surface area contributed by atoms with Crippen molar-refractivity contribution in [3.05, 3.63) is 53.1 Å².